The Morgan fingerprint density at radius 1 is 1.21 bits per heavy atom. The summed E-state index contributed by atoms with van der Waals surface area (Å²) in [6.07, 6.45) is 4.79. The second-order valence-electron chi connectivity index (χ2n) is 6.28. The summed E-state index contributed by atoms with van der Waals surface area (Å²) < 4.78 is 7.79. The number of rotatable bonds is 4. The predicted octanol–water partition coefficient (Wildman–Crippen LogP) is 3.27. The number of hydrogen-bond acceptors (Lipinski definition) is 3. The van der Waals surface area contributed by atoms with Crippen molar-refractivity contribution >= 4 is 0 Å². The maximum Gasteiger partial charge on any atom is 0.122 e. The highest BCUT2D eigenvalue weighted by atomic mass is 16.5. The van der Waals surface area contributed by atoms with E-state index in [1.807, 2.05) is 35.3 Å². The zero-order valence-corrected chi connectivity index (χ0v) is 13.8. The molecular formula is C20H21N3O. The molecule has 1 unspecified atom stereocenters. The normalized spacial score (nSPS) is 16.5. The Morgan fingerprint density at radius 3 is 3.00 bits per heavy atom. The molecule has 1 aromatic heterocycles. The van der Waals surface area contributed by atoms with E-state index in [4.69, 9.17) is 4.74 Å². The number of fused-ring (bicyclic) bond motifs is 1. The maximum absolute atomic E-state index is 5.87. The number of nitrogens with zero attached hydrogens (tertiary/aromatic N) is 2. The van der Waals surface area contributed by atoms with Crippen LogP contribution in [0.4, 0.5) is 0 Å². The topological polar surface area (TPSA) is 39.1 Å². The van der Waals surface area contributed by atoms with Crippen molar-refractivity contribution in [3.63, 3.8) is 0 Å². The number of aromatic nitrogens is 2. The summed E-state index contributed by atoms with van der Waals surface area (Å²) in [4.78, 5) is 0. The van der Waals surface area contributed by atoms with Gasteiger partial charge in [0.2, 0.25) is 0 Å². The molecule has 0 radical (unpaired) electrons. The van der Waals surface area contributed by atoms with Crippen molar-refractivity contribution in [1.82, 2.24) is 15.1 Å². The van der Waals surface area contributed by atoms with Gasteiger partial charge < -0.3 is 10.1 Å². The quantitative estimate of drug-likeness (QED) is 0.802. The van der Waals surface area contributed by atoms with Crippen LogP contribution in [0.1, 0.15) is 16.7 Å². The molecule has 1 aliphatic rings. The number of benzene rings is 2. The Labute approximate surface area is 142 Å². The number of nitrogens with one attached hydrogen (secondary N) is 1. The second-order valence-corrected chi connectivity index (χ2v) is 6.28. The molecule has 0 amide bonds. The summed E-state index contributed by atoms with van der Waals surface area (Å²) >= 11 is 0. The van der Waals surface area contributed by atoms with Crippen molar-refractivity contribution in [2.24, 2.45) is 0 Å². The van der Waals surface area contributed by atoms with Crippen LogP contribution >= 0.6 is 0 Å². The summed E-state index contributed by atoms with van der Waals surface area (Å²) in [6.45, 7) is 3.63. The largest absolute Gasteiger partial charge is 0.492 e. The van der Waals surface area contributed by atoms with E-state index in [0.29, 0.717) is 12.6 Å². The van der Waals surface area contributed by atoms with E-state index in [0.717, 1.165) is 24.4 Å². The molecule has 3 aromatic rings. The van der Waals surface area contributed by atoms with Gasteiger partial charge in [-0.3, -0.25) is 0 Å². The van der Waals surface area contributed by atoms with Gasteiger partial charge in [-0.05, 0) is 42.7 Å². The highest BCUT2D eigenvalue weighted by Gasteiger charge is 2.19. The average Bonchev–Trinajstić information content (AvgIpc) is 3.14. The molecule has 2 heterocycles. The molecule has 2 aromatic carbocycles. The Hall–Kier alpha value is -2.59. The molecule has 4 nitrogen and oxygen atoms in total. The van der Waals surface area contributed by atoms with Crippen molar-refractivity contribution in [3.8, 4) is 11.4 Å². The van der Waals surface area contributed by atoms with Crippen LogP contribution in [0.3, 0.4) is 0 Å². The van der Waals surface area contributed by atoms with Crippen molar-refractivity contribution in [3.05, 3.63) is 77.6 Å². The van der Waals surface area contributed by atoms with Crippen LogP contribution < -0.4 is 10.1 Å². The third-order valence-corrected chi connectivity index (χ3v) is 4.45. The van der Waals surface area contributed by atoms with Crippen molar-refractivity contribution in [2.45, 2.75) is 25.9 Å². The highest BCUT2D eigenvalue weighted by molar-refractivity contribution is 5.43. The Morgan fingerprint density at radius 2 is 2.12 bits per heavy atom. The second kappa shape index (κ2) is 6.49. The van der Waals surface area contributed by atoms with Gasteiger partial charge >= 0.3 is 0 Å². The lowest BCUT2D eigenvalue weighted by molar-refractivity contribution is 0.238. The smallest absolute Gasteiger partial charge is 0.122 e. The lowest BCUT2D eigenvalue weighted by atomic mass is 10.0. The van der Waals surface area contributed by atoms with Gasteiger partial charge in [-0.15, -0.1) is 0 Å². The molecule has 0 saturated carbocycles. The first-order valence-electron chi connectivity index (χ1n) is 8.33. The molecule has 1 atom stereocenters. The SMILES string of the molecule is Cc1ccc(-n2cccn2)c(CNC2COc3ccccc3C2)c1. The monoisotopic (exact) mass is 319 g/mol. The molecule has 0 aliphatic carbocycles. The molecule has 24 heavy (non-hydrogen) atoms. The lowest BCUT2D eigenvalue weighted by Gasteiger charge is -2.26. The maximum atomic E-state index is 5.87. The van der Waals surface area contributed by atoms with Crippen molar-refractivity contribution < 1.29 is 4.74 Å². The Kier molecular flexibility index (Phi) is 4.05. The van der Waals surface area contributed by atoms with Gasteiger partial charge in [0.1, 0.15) is 12.4 Å². The van der Waals surface area contributed by atoms with E-state index in [1.165, 1.54) is 16.7 Å². The van der Waals surface area contributed by atoms with E-state index in [1.54, 1.807) is 0 Å². The van der Waals surface area contributed by atoms with E-state index < -0.39 is 0 Å². The number of hydrogen-bond donors (Lipinski definition) is 1. The minimum absolute atomic E-state index is 0.325. The van der Waals surface area contributed by atoms with Crippen LogP contribution in [0.15, 0.2) is 60.9 Å². The molecule has 122 valence electrons. The molecule has 0 bridgehead atoms. The van der Waals surface area contributed by atoms with Crippen LogP contribution in [-0.2, 0) is 13.0 Å². The third kappa shape index (κ3) is 3.05. The molecule has 4 heteroatoms. The van der Waals surface area contributed by atoms with Crippen LogP contribution in [-0.4, -0.2) is 22.4 Å². The van der Waals surface area contributed by atoms with Gasteiger partial charge in [-0.1, -0.05) is 35.9 Å². The highest BCUT2D eigenvalue weighted by Crippen LogP contribution is 2.24. The zero-order chi connectivity index (χ0) is 16.4. The number of para-hydroxylation sites is 1. The fourth-order valence-corrected chi connectivity index (χ4v) is 3.20. The Bertz CT molecular complexity index is 827. The third-order valence-electron chi connectivity index (χ3n) is 4.45. The molecule has 0 saturated heterocycles. The van der Waals surface area contributed by atoms with Crippen LogP contribution in [0.25, 0.3) is 5.69 Å². The summed E-state index contributed by atoms with van der Waals surface area (Å²) in [5.74, 6) is 1.02. The predicted molar refractivity (Wildman–Crippen MR) is 94.6 cm³/mol. The van der Waals surface area contributed by atoms with E-state index in [-0.39, 0.29) is 0 Å². The van der Waals surface area contributed by atoms with Gasteiger partial charge in [0.15, 0.2) is 0 Å². The average molecular weight is 319 g/mol. The summed E-state index contributed by atoms with van der Waals surface area (Å²) in [6, 6.07) is 17.0. The summed E-state index contributed by atoms with van der Waals surface area (Å²) in [5, 5.41) is 8.01. The van der Waals surface area contributed by atoms with Gasteiger partial charge in [0.05, 0.1) is 5.69 Å². The Balaban J connectivity index is 1.50. The van der Waals surface area contributed by atoms with E-state index in [9.17, 15) is 0 Å². The molecule has 1 N–H and O–H groups in total. The molecule has 0 fully saturated rings. The van der Waals surface area contributed by atoms with Crippen LogP contribution in [0.5, 0.6) is 5.75 Å². The molecule has 4 rings (SSSR count). The first-order valence-corrected chi connectivity index (χ1v) is 8.33. The standard InChI is InChI=1S/C20H21N3O/c1-15-7-8-19(23-10-4-9-22-23)17(11-15)13-21-18-12-16-5-2-3-6-20(16)24-14-18/h2-11,18,21H,12-14H2,1H3. The van der Waals surface area contributed by atoms with Crippen LogP contribution in [0, 0.1) is 6.92 Å². The molecule has 1 aliphatic heterocycles. The van der Waals surface area contributed by atoms with E-state index in [2.05, 4.69) is 47.7 Å². The number of ether oxygens (including phenoxy) is 1. The minimum atomic E-state index is 0.325. The summed E-state index contributed by atoms with van der Waals surface area (Å²) in [7, 11) is 0. The fraction of sp³-hybridized carbons (Fsp3) is 0.250. The number of aryl methyl sites for hydroxylation is 1. The summed E-state index contributed by atoms with van der Waals surface area (Å²) in [5.41, 5.74) is 4.90. The molecule has 0 spiro atoms. The lowest BCUT2D eigenvalue weighted by Crippen LogP contribution is -2.39. The van der Waals surface area contributed by atoms with Gasteiger partial charge in [0, 0.05) is 25.0 Å². The van der Waals surface area contributed by atoms with Crippen LogP contribution in [0.2, 0.25) is 0 Å². The first kappa shape index (κ1) is 15.0. The van der Waals surface area contributed by atoms with Gasteiger partial charge in [0.25, 0.3) is 0 Å². The minimum Gasteiger partial charge on any atom is -0.492 e. The van der Waals surface area contributed by atoms with Gasteiger partial charge in [-0.25, -0.2) is 4.68 Å². The van der Waals surface area contributed by atoms with Crippen molar-refractivity contribution in [1.29, 1.82) is 0 Å². The first-order chi connectivity index (χ1) is 11.8. The fourth-order valence-electron chi connectivity index (χ4n) is 3.20. The van der Waals surface area contributed by atoms with Crippen molar-refractivity contribution in [2.75, 3.05) is 6.61 Å². The zero-order valence-electron chi connectivity index (χ0n) is 13.8. The van der Waals surface area contributed by atoms with Gasteiger partial charge in [-0.2, -0.15) is 5.10 Å². The molecular weight excluding hydrogens is 298 g/mol. The van der Waals surface area contributed by atoms with E-state index >= 15 is 0 Å².